The van der Waals surface area contributed by atoms with Crippen molar-refractivity contribution in [3.8, 4) is 6.07 Å². The third-order valence-corrected chi connectivity index (χ3v) is 2.21. The Bertz CT molecular complexity index is 381. The van der Waals surface area contributed by atoms with Gasteiger partial charge in [-0.15, -0.1) is 0 Å². The molecule has 15 heavy (non-hydrogen) atoms. The van der Waals surface area contributed by atoms with Crippen LogP contribution in [-0.2, 0) is 4.79 Å². The van der Waals surface area contributed by atoms with Gasteiger partial charge >= 0.3 is 0 Å². The van der Waals surface area contributed by atoms with Crippen LogP contribution in [0, 0.1) is 17.2 Å². The summed E-state index contributed by atoms with van der Waals surface area (Å²) in [6.45, 7) is 1.72. The van der Waals surface area contributed by atoms with E-state index in [0.29, 0.717) is 10.7 Å². The van der Waals surface area contributed by atoms with E-state index in [1.54, 1.807) is 31.2 Å². The number of nitrogens with zero attached hydrogens (tertiary/aromatic N) is 1. The molecule has 1 atom stereocenters. The molecule has 0 aromatic heterocycles. The van der Waals surface area contributed by atoms with Crippen LogP contribution in [0.25, 0.3) is 0 Å². The van der Waals surface area contributed by atoms with Crippen LogP contribution in [0.5, 0.6) is 0 Å². The van der Waals surface area contributed by atoms with Gasteiger partial charge < -0.3 is 5.32 Å². The fourth-order valence-corrected chi connectivity index (χ4v) is 1.15. The first-order valence-corrected chi connectivity index (χ1v) is 4.94. The number of hydrogen-bond donors (Lipinski definition) is 1. The van der Waals surface area contributed by atoms with E-state index in [9.17, 15) is 4.79 Å². The maximum absolute atomic E-state index is 11.5. The highest BCUT2D eigenvalue weighted by atomic mass is 35.5. The maximum Gasteiger partial charge on any atom is 0.228 e. The van der Waals surface area contributed by atoms with Crippen molar-refractivity contribution >= 4 is 23.2 Å². The summed E-state index contributed by atoms with van der Waals surface area (Å²) in [5.41, 5.74) is 0.689. The first-order chi connectivity index (χ1) is 7.13. The summed E-state index contributed by atoms with van der Waals surface area (Å²) in [5, 5.41) is 11.8. The van der Waals surface area contributed by atoms with E-state index in [-0.39, 0.29) is 18.2 Å². The minimum Gasteiger partial charge on any atom is -0.326 e. The van der Waals surface area contributed by atoms with Crippen LogP contribution in [0.15, 0.2) is 24.3 Å². The Morgan fingerprint density at radius 3 is 2.67 bits per heavy atom. The molecule has 0 bridgehead atoms. The summed E-state index contributed by atoms with van der Waals surface area (Å²) in [7, 11) is 0. The minimum atomic E-state index is -0.300. The molecule has 4 heteroatoms. The summed E-state index contributed by atoms with van der Waals surface area (Å²) in [4.78, 5) is 11.5. The zero-order valence-electron chi connectivity index (χ0n) is 8.33. The van der Waals surface area contributed by atoms with Gasteiger partial charge in [-0.2, -0.15) is 5.26 Å². The Kier molecular flexibility index (Phi) is 4.14. The van der Waals surface area contributed by atoms with Crippen molar-refractivity contribution in [2.75, 3.05) is 5.32 Å². The van der Waals surface area contributed by atoms with E-state index in [1.807, 2.05) is 6.07 Å². The summed E-state index contributed by atoms with van der Waals surface area (Å²) in [6.07, 6.45) is 0.222. The van der Waals surface area contributed by atoms with Crippen molar-refractivity contribution in [3.05, 3.63) is 29.3 Å². The number of carbonyl (C=O) groups excluding carboxylic acids is 1. The fraction of sp³-hybridized carbons (Fsp3) is 0.273. The van der Waals surface area contributed by atoms with Crippen LogP contribution in [-0.4, -0.2) is 5.91 Å². The van der Waals surface area contributed by atoms with E-state index in [1.165, 1.54) is 0 Å². The van der Waals surface area contributed by atoms with Gasteiger partial charge in [0.25, 0.3) is 0 Å². The summed E-state index contributed by atoms with van der Waals surface area (Å²) >= 11 is 5.70. The molecule has 0 fully saturated rings. The van der Waals surface area contributed by atoms with Crippen LogP contribution in [0.1, 0.15) is 13.3 Å². The summed E-state index contributed by atoms with van der Waals surface area (Å²) < 4.78 is 0. The number of nitriles is 1. The fourth-order valence-electron chi connectivity index (χ4n) is 1.03. The Morgan fingerprint density at radius 1 is 1.53 bits per heavy atom. The molecule has 1 unspecified atom stereocenters. The third kappa shape index (κ3) is 3.61. The molecular weight excluding hydrogens is 212 g/mol. The molecule has 1 rings (SSSR count). The number of amides is 1. The zero-order valence-corrected chi connectivity index (χ0v) is 9.08. The monoisotopic (exact) mass is 222 g/mol. The van der Waals surface area contributed by atoms with E-state index in [4.69, 9.17) is 16.9 Å². The van der Waals surface area contributed by atoms with Crippen LogP contribution in [0.2, 0.25) is 5.02 Å². The number of nitrogens with one attached hydrogen (secondary N) is 1. The lowest BCUT2D eigenvalue weighted by Gasteiger charge is -2.08. The minimum absolute atomic E-state index is 0.154. The van der Waals surface area contributed by atoms with E-state index in [0.717, 1.165) is 0 Å². The van der Waals surface area contributed by atoms with Gasteiger partial charge in [-0.1, -0.05) is 18.5 Å². The van der Waals surface area contributed by atoms with Crippen LogP contribution < -0.4 is 5.32 Å². The molecule has 3 nitrogen and oxygen atoms in total. The Hall–Kier alpha value is -1.53. The summed E-state index contributed by atoms with van der Waals surface area (Å²) in [6, 6.07) is 8.81. The lowest BCUT2D eigenvalue weighted by atomic mass is 10.1. The maximum atomic E-state index is 11.5. The average molecular weight is 223 g/mol. The van der Waals surface area contributed by atoms with Gasteiger partial charge in [-0.25, -0.2) is 0 Å². The normalized spacial score (nSPS) is 11.5. The van der Waals surface area contributed by atoms with E-state index >= 15 is 0 Å². The van der Waals surface area contributed by atoms with Crippen molar-refractivity contribution in [2.24, 2.45) is 5.92 Å². The Labute approximate surface area is 93.7 Å². The molecule has 0 radical (unpaired) electrons. The van der Waals surface area contributed by atoms with E-state index in [2.05, 4.69) is 5.32 Å². The second kappa shape index (κ2) is 5.38. The van der Waals surface area contributed by atoms with Crippen LogP contribution >= 0.6 is 11.6 Å². The highest BCUT2D eigenvalue weighted by Gasteiger charge is 2.11. The van der Waals surface area contributed by atoms with Crippen molar-refractivity contribution in [3.63, 3.8) is 0 Å². The van der Waals surface area contributed by atoms with Crippen LogP contribution in [0.3, 0.4) is 0 Å². The SMILES string of the molecule is CC(CC#N)C(=O)Nc1ccc(Cl)cc1. The van der Waals surface area contributed by atoms with Crippen molar-refractivity contribution < 1.29 is 4.79 Å². The number of benzene rings is 1. The van der Waals surface area contributed by atoms with Crippen molar-refractivity contribution in [1.82, 2.24) is 0 Å². The Balaban J connectivity index is 2.59. The highest BCUT2D eigenvalue weighted by Crippen LogP contribution is 2.14. The second-order valence-electron chi connectivity index (χ2n) is 3.26. The molecule has 1 aromatic rings. The number of carbonyl (C=O) groups is 1. The van der Waals surface area contributed by atoms with Gasteiger partial charge in [0.05, 0.1) is 6.07 Å². The molecule has 0 aliphatic rings. The van der Waals surface area contributed by atoms with Gasteiger partial charge in [0.1, 0.15) is 0 Å². The Morgan fingerprint density at radius 2 is 2.13 bits per heavy atom. The molecule has 1 aromatic carbocycles. The van der Waals surface area contributed by atoms with E-state index < -0.39 is 0 Å². The van der Waals surface area contributed by atoms with Gasteiger partial charge in [0.15, 0.2) is 0 Å². The molecule has 1 amide bonds. The second-order valence-corrected chi connectivity index (χ2v) is 3.70. The first-order valence-electron chi connectivity index (χ1n) is 4.57. The quantitative estimate of drug-likeness (QED) is 0.855. The number of hydrogen-bond acceptors (Lipinski definition) is 2. The predicted octanol–water partition coefficient (Wildman–Crippen LogP) is 2.83. The van der Waals surface area contributed by atoms with Crippen LogP contribution in [0.4, 0.5) is 5.69 Å². The van der Waals surface area contributed by atoms with Gasteiger partial charge in [-0.05, 0) is 24.3 Å². The molecule has 0 aliphatic carbocycles. The molecular formula is C11H11ClN2O. The summed E-state index contributed by atoms with van der Waals surface area (Å²) in [5.74, 6) is -0.454. The molecule has 0 spiro atoms. The molecule has 78 valence electrons. The standard InChI is InChI=1S/C11H11ClN2O/c1-8(6-7-13)11(15)14-10-4-2-9(12)3-5-10/h2-5,8H,6H2,1H3,(H,14,15). The first kappa shape index (κ1) is 11.5. The molecule has 0 saturated heterocycles. The highest BCUT2D eigenvalue weighted by molar-refractivity contribution is 6.30. The topological polar surface area (TPSA) is 52.9 Å². The predicted molar refractivity (Wildman–Crippen MR) is 59.5 cm³/mol. The van der Waals surface area contributed by atoms with Crippen molar-refractivity contribution in [2.45, 2.75) is 13.3 Å². The lowest BCUT2D eigenvalue weighted by Crippen LogP contribution is -2.19. The number of halogens is 1. The number of rotatable bonds is 3. The molecule has 1 N–H and O–H groups in total. The lowest BCUT2D eigenvalue weighted by molar-refractivity contribution is -0.119. The van der Waals surface area contributed by atoms with Gasteiger partial charge in [-0.3, -0.25) is 4.79 Å². The molecule has 0 aliphatic heterocycles. The largest absolute Gasteiger partial charge is 0.326 e. The number of anilines is 1. The van der Waals surface area contributed by atoms with Gasteiger partial charge in [0.2, 0.25) is 5.91 Å². The molecule has 0 heterocycles. The average Bonchev–Trinajstić information content (AvgIpc) is 2.22. The third-order valence-electron chi connectivity index (χ3n) is 1.96. The molecule has 0 saturated carbocycles. The van der Waals surface area contributed by atoms with Gasteiger partial charge in [0, 0.05) is 23.0 Å². The van der Waals surface area contributed by atoms with Crippen molar-refractivity contribution in [1.29, 1.82) is 5.26 Å². The zero-order chi connectivity index (χ0) is 11.3. The smallest absolute Gasteiger partial charge is 0.228 e.